The Hall–Kier alpha value is -0.940. The number of aromatic nitrogens is 1. The van der Waals surface area contributed by atoms with Gasteiger partial charge in [-0.3, -0.25) is 4.79 Å². The van der Waals surface area contributed by atoms with E-state index in [1.807, 2.05) is 13.1 Å². The fourth-order valence-electron chi connectivity index (χ4n) is 1.40. The molecule has 96 valence electrons. The van der Waals surface area contributed by atoms with Gasteiger partial charge in [0.15, 0.2) is 0 Å². The third-order valence-corrected chi connectivity index (χ3v) is 3.78. The van der Waals surface area contributed by atoms with Crippen molar-refractivity contribution in [2.75, 3.05) is 0 Å². The first kappa shape index (κ1) is 14.1. The van der Waals surface area contributed by atoms with Gasteiger partial charge in [0.2, 0.25) is 5.91 Å². The molecule has 1 amide bonds. The number of nitrogens with one attached hydrogen (secondary N) is 1. The SMILES string of the molecule is CCc1cnc(C(C)NC(=O)CCC(C)O)s1. The Balaban J connectivity index is 2.42. The molecule has 0 fully saturated rings. The number of carbonyl (C=O) groups excluding carboxylic acids is 1. The first-order valence-electron chi connectivity index (χ1n) is 5.95. The number of carbonyl (C=O) groups is 1. The second-order valence-electron chi connectivity index (χ2n) is 4.20. The van der Waals surface area contributed by atoms with Crippen molar-refractivity contribution in [3.05, 3.63) is 16.1 Å². The first-order chi connectivity index (χ1) is 8.02. The summed E-state index contributed by atoms with van der Waals surface area (Å²) in [6.45, 7) is 5.70. The van der Waals surface area contributed by atoms with Crippen LogP contribution in [0, 0.1) is 0 Å². The Morgan fingerprint density at radius 1 is 1.59 bits per heavy atom. The lowest BCUT2D eigenvalue weighted by molar-refractivity contribution is -0.122. The van der Waals surface area contributed by atoms with Crippen LogP contribution in [0.3, 0.4) is 0 Å². The Morgan fingerprint density at radius 3 is 2.82 bits per heavy atom. The van der Waals surface area contributed by atoms with E-state index in [4.69, 9.17) is 5.11 Å². The number of thiazole rings is 1. The molecule has 1 rings (SSSR count). The summed E-state index contributed by atoms with van der Waals surface area (Å²) in [7, 11) is 0. The summed E-state index contributed by atoms with van der Waals surface area (Å²) < 4.78 is 0. The number of aliphatic hydroxyl groups is 1. The van der Waals surface area contributed by atoms with E-state index in [0.717, 1.165) is 11.4 Å². The van der Waals surface area contributed by atoms with Gasteiger partial charge in [-0.25, -0.2) is 4.98 Å². The van der Waals surface area contributed by atoms with Crippen LogP contribution in [0.5, 0.6) is 0 Å². The summed E-state index contributed by atoms with van der Waals surface area (Å²) in [5, 5.41) is 12.9. The van der Waals surface area contributed by atoms with Crippen LogP contribution in [0.4, 0.5) is 0 Å². The molecule has 1 heterocycles. The van der Waals surface area contributed by atoms with Crippen molar-refractivity contribution in [1.82, 2.24) is 10.3 Å². The number of aliphatic hydroxyl groups excluding tert-OH is 1. The molecule has 1 aromatic heterocycles. The molecule has 0 bridgehead atoms. The molecule has 0 aromatic carbocycles. The number of hydrogen-bond acceptors (Lipinski definition) is 4. The van der Waals surface area contributed by atoms with E-state index in [1.54, 1.807) is 18.3 Å². The summed E-state index contributed by atoms with van der Waals surface area (Å²) in [6, 6.07) is -0.0539. The van der Waals surface area contributed by atoms with E-state index in [1.165, 1.54) is 4.88 Å². The zero-order valence-corrected chi connectivity index (χ0v) is 11.4. The van der Waals surface area contributed by atoms with Crippen LogP contribution in [-0.4, -0.2) is 22.1 Å². The second kappa shape index (κ2) is 6.71. The molecule has 17 heavy (non-hydrogen) atoms. The standard InChI is InChI=1S/C12H20N2O2S/c1-4-10-7-13-12(17-10)9(3)14-11(16)6-5-8(2)15/h7-9,15H,4-6H2,1-3H3,(H,14,16). The van der Waals surface area contributed by atoms with Crippen LogP contribution in [0.25, 0.3) is 0 Å². The third-order valence-electron chi connectivity index (χ3n) is 2.46. The minimum atomic E-state index is -0.428. The average Bonchev–Trinajstić information content (AvgIpc) is 2.74. The van der Waals surface area contributed by atoms with Crippen molar-refractivity contribution >= 4 is 17.2 Å². The van der Waals surface area contributed by atoms with E-state index in [0.29, 0.717) is 12.8 Å². The van der Waals surface area contributed by atoms with Crippen molar-refractivity contribution in [2.24, 2.45) is 0 Å². The Morgan fingerprint density at radius 2 is 2.29 bits per heavy atom. The van der Waals surface area contributed by atoms with Gasteiger partial charge in [0.05, 0.1) is 12.1 Å². The van der Waals surface area contributed by atoms with Crippen LogP contribution in [0.1, 0.15) is 49.5 Å². The van der Waals surface area contributed by atoms with Gasteiger partial charge < -0.3 is 10.4 Å². The predicted octanol–water partition coefficient (Wildman–Crippen LogP) is 2.04. The molecule has 0 radical (unpaired) electrons. The van der Waals surface area contributed by atoms with Crippen molar-refractivity contribution < 1.29 is 9.90 Å². The molecule has 0 spiro atoms. The highest BCUT2D eigenvalue weighted by Crippen LogP contribution is 2.20. The van der Waals surface area contributed by atoms with E-state index in [9.17, 15) is 4.79 Å². The zero-order chi connectivity index (χ0) is 12.8. The maximum atomic E-state index is 11.6. The van der Waals surface area contributed by atoms with Gasteiger partial charge in [0.1, 0.15) is 5.01 Å². The molecule has 4 nitrogen and oxygen atoms in total. The molecule has 0 aliphatic carbocycles. The van der Waals surface area contributed by atoms with E-state index < -0.39 is 6.10 Å². The summed E-state index contributed by atoms with van der Waals surface area (Å²) in [5.74, 6) is -0.0355. The van der Waals surface area contributed by atoms with Crippen molar-refractivity contribution in [2.45, 2.75) is 52.2 Å². The predicted molar refractivity (Wildman–Crippen MR) is 69.0 cm³/mol. The zero-order valence-electron chi connectivity index (χ0n) is 10.6. The Labute approximate surface area is 106 Å². The van der Waals surface area contributed by atoms with Gasteiger partial charge >= 0.3 is 0 Å². The molecule has 0 aliphatic rings. The normalized spacial score (nSPS) is 14.4. The van der Waals surface area contributed by atoms with Crippen LogP contribution in [-0.2, 0) is 11.2 Å². The van der Waals surface area contributed by atoms with Crippen LogP contribution in [0.2, 0.25) is 0 Å². The molecule has 0 saturated heterocycles. The van der Waals surface area contributed by atoms with Gasteiger partial charge in [-0.15, -0.1) is 11.3 Å². The molecular weight excluding hydrogens is 236 g/mol. The van der Waals surface area contributed by atoms with E-state index in [2.05, 4.69) is 17.2 Å². The maximum absolute atomic E-state index is 11.6. The lowest BCUT2D eigenvalue weighted by Crippen LogP contribution is -2.27. The van der Waals surface area contributed by atoms with Crippen molar-refractivity contribution in [1.29, 1.82) is 0 Å². The number of rotatable bonds is 6. The second-order valence-corrected chi connectivity index (χ2v) is 5.34. The number of amides is 1. The molecule has 2 atom stereocenters. The number of nitrogens with zero attached hydrogens (tertiary/aromatic N) is 1. The maximum Gasteiger partial charge on any atom is 0.220 e. The Bertz CT molecular complexity index is 363. The summed E-state index contributed by atoms with van der Waals surface area (Å²) in [4.78, 5) is 17.1. The lowest BCUT2D eigenvalue weighted by atomic mass is 10.2. The molecule has 2 N–H and O–H groups in total. The minimum absolute atomic E-state index is 0.0355. The van der Waals surface area contributed by atoms with Gasteiger partial charge in [0.25, 0.3) is 0 Å². The fourth-order valence-corrected chi connectivity index (χ4v) is 2.26. The molecule has 1 aromatic rings. The highest BCUT2D eigenvalue weighted by Gasteiger charge is 2.13. The molecule has 0 aliphatic heterocycles. The van der Waals surface area contributed by atoms with Gasteiger partial charge in [-0.05, 0) is 26.7 Å². The van der Waals surface area contributed by atoms with Crippen molar-refractivity contribution in [3.8, 4) is 0 Å². The quantitative estimate of drug-likeness (QED) is 0.818. The summed E-state index contributed by atoms with van der Waals surface area (Å²) in [6.07, 6.45) is 3.26. The van der Waals surface area contributed by atoms with Gasteiger partial charge in [-0.2, -0.15) is 0 Å². The van der Waals surface area contributed by atoms with Crippen LogP contribution < -0.4 is 5.32 Å². The average molecular weight is 256 g/mol. The topological polar surface area (TPSA) is 62.2 Å². The third kappa shape index (κ3) is 4.83. The van der Waals surface area contributed by atoms with Crippen LogP contribution >= 0.6 is 11.3 Å². The van der Waals surface area contributed by atoms with Gasteiger partial charge in [-0.1, -0.05) is 6.92 Å². The lowest BCUT2D eigenvalue weighted by Gasteiger charge is -2.11. The fraction of sp³-hybridized carbons (Fsp3) is 0.667. The molecule has 0 saturated carbocycles. The highest BCUT2D eigenvalue weighted by atomic mass is 32.1. The van der Waals surface area contributed by atoms with E-state index in [-0.39, 0.29) is 11.9 Å². The smallest absolute Gasteiger partial charge is 0.220 e. The highest BCUT2D eigenvalue weighted by molar-refractivity contribution is 7.11. The summed E-state index contributed by atoms with van der Waals surface area (Å²) in [5.41, 5.74) is 0. The molecule has 5 heteroatoms. The Kier molecular flexibility index (Phi) is 5.58. The van der Waals surface area contributed by atoms with E-state index >= 15 is 0 Å². The number of hydrogen-bond donors (Lipinski definition) is 2. The molecular formula is C12H20N2O2S. The van der Waals surface area contributed by atoms with Crippen LogP contribution in [0.15, 0.2) is 6.20 Å². The number of aryl methyl sites for hydroxylation is 1. The first-order valence-corrected chi connectivity index (χ1v) is 6.76. The summed E-state index contributed by atoms with van der Waals surface area (Å²) >= 11 is 1.63. The molecule has 2 unspecified atom stereocenters. The largest absolute Gasteiger partial charge is 0.393 e. The minimum Gasteiger partial charge on any atom is -0.393 e. The van der Waals surface area contributed by atoms with Gasteiger partial charge in [0, 0.05) is 17.5 Å². The monoisotopic (exact) mass is 256 g/mol. The van der Waals surface area contributed by atoms with Crippen molar-refractivity contribution in [3.63, 3.8) is 0 Å².